The highest BCUT2D eigenvalue weighted by molar-refractivity contribution is 6.03. The number of carbonyl (C=O) groups is 3. The SMILES string of the molecule is CC(C(=O)O)=C1CCC2(N=C(N)N)C=CC34C5C6=C7CC=C6C1(O)C2(O)C3C(CO)C=CCC41CC(=O)C2=C3C4(O)C=C(C7)C5(O)C31CCC#CCC1(C)C(=O)CCC2(C)C1C4C1=Cc2ccccc2CC1. The van der Waals surface area contributed by atoms with Crippen LogP contribution in [0.4, 0.5) is 0 Å². The lowest BCUT2D eigenvalue weighted by atomic mass is 9.31. The number of fused-ring (bicyclic) bond motifs is 2. The van der Waals surface area contributed by atoms with Crippen molar-refractivity contribution in [2.75, 3.05) is 6.61 Å². The van der Waals surface area contributed by atoms with E-state index in [-0.39, 0.29) is 86.5 Å². The second-order valence-electron chi connectivity index (χ2n) is 24.8. The number of aliphatic carboxylic acids is 1. The van der Waals surface area contributed by atoms with Crippen molar-refractivity contribution in [3.8, 4) is 11.8 Å². The lowest BCUT2D eigenvalue weighted by Crippen LogP contribution is -2.79. The van der Waals surface area contributed by atoms with E-state index in [0.717, 1.165) is 23.1 Å². The Morgan fingerprint density at radius 3 is 2.50 bits per heavy atom. The molecule has 14 rings (SSSR count). The van der Waals surface area contributed by atoms with E-state index < -0.39 is 97.2 Å². The molecule has 372 valence electrons. The van der Waals surface area contributed by atoms with Crippen molar-refractivity contribution in [1.29, 1.82) is 0 Å². The van der Waals surface area contributed by atoms with Gasteiger partial charge in [0.1, 0.15) is 33.7 Å². The Bertz CT molecular complexity index is 3240. The molecule has 0 radical (unpaired) electrons. The maximum Gasteiger partial charge on any atom is 0.331 e. The maximum atomic E-state index is 16.7. The van der Waals surface area contributed by atoms with Crippen LogP contribution in [0.25, 0.3) is 6.08 Å². The third kappa shape index (κ3) is 4.33. The number of Topliss-reactive ketones (excluding diaryl/α,β-unsaturated/α-hetero) is 2. The van der Waals surface area contributed by atoms with Crippen LogP contribution >= 0.6 is 0 Å². The molecular formula is C60H63N3O9. The van der Waals surface area contributed by atoms with E-state index in [9.17, 15) is 24.9 Å². The number of hydrogen-bond acceptors (Lipinski definition) is 9. The number of allylic oxidation sites excluding steroid dienone is 5. The Hall–Kier alpha value is -5.42. The zero-order valence-corrected chi connectivity index (χ0v) is 41.1. The van der Waals surface area contributed by atoms with Gasteiger partial charge in [-0.2, -0.15) is 0 Å². The molecule has 4 saturated carbocycles. The number of carboxylic acids is 1. The summed E-state index contributed by atoms with van der Waals surface area (Å²) in [5.41, 5.74) is 2.30. The molecule has 0 aromatic heterocycles. The number of nitrogens with two attached hydrogens (primary N) is 2. The number of rotatable bonds is 4. The van der Waals surface area contributed by atoms with E-state index >= 15 is 20.1 Å². The summed E-state index contributed by atoms with van der Waals surface area (Å²) in [5.74, 6) is 0.798. The quantitative estimate of drug-likeness (QED) is 0.0612. The van der Waals surface area contributed by atoms with Crippen molar-refractivity contribution in [1.82, 2.24) is 0 Å². The number of nitrogens with zero attached hydrogens (tertiary/aromatic N) is 1. The van der Waals surface area contributed by atoms with Crippen molar-refractivity contribution in [2.24, 2.45) is 73.1 Å². The molecule has 4 fully saturated rings. The van der Waals surface area contributed by atoms with Crippen LogP contribution < -0.4 is 11.5 Å². The normalized spacial score (nSPS) is 48.5. The fourth-order valence-corrected chi connectivity index (χ4v) is 20.8. The monoisotopic (exact) mass is 969 g/mol. The Kier molecular flexibility index (Phi) is 8.45. The maximum absolute atomic E-state index is 16.7. The van der Waals surface area contributed by atoms with Gasteiger partial charge in [0, 0.05) is 94.2 Å². The van der Waals surface area contributed by atoms with E-state index in [1.807, 2.05) is 49.4 Å². The number of aryl methyl sites for hydroxylation is 1. The van der Waals surface area contributed by atoms with Crippen molar-refractivity contribution in [3.63, 3.8) is 0 Å². The number of carbonyl (C=O) groups excluding carboxylic acids is 2. The first-order chi connectivity index (χ1) is 34.2. The first-order valence-corrected chi connectivity index (χ1v) is 26.3. The molecule has 1 aromatic rings. The highest BCUT2D eigenvalue weighted by atomic mass is 16.4. The van der Waals surface area contributed by atoms with Crippen LogP contribution in [0.2, 0.25) is 0 Å². The smallest absolute Gasteiger partial charge is 0.331 e. The molecule has 10 N–H and O–H groups in total. The van der Waals surface area contributed by atoms with Gasteiger partial charge in [0.2, 0.25) is 0 Å². The lowest BCUT2D eigenvalue weighted by molar-refractivity contribution is -0.240. The minimum atomic E-state index is -2.52. The summed E-state index contributed by atoms with van der Waals surface area (Å²) in [6.07, 6.45) is 16.8. The predicted octanol–water partition coefficient (Wildman–Crippen LogP) is 5.55. The van der Waals surface area contributed by atoms with Crippen molar-refractivity contribution in [3.05, 3.63) is 122 Å². The van der Waals surface area contributed by atoms with Gasteiger partial charge in [0.25, 0.3) is 0 Å². The molecule has 15 atom stereocenters. The number of guanidine groups is 1. The second kappa shape index (κ2) is 13.5. The van der Waals surface area contributed by atoms with Gasteiger partial charge < -0.3 is 42.1 Å². The summed E-state index contributed by atoms with van der Waals surface area (Å²) in [7, 11) is 0. The molecule has 0 aliphatic heterocycles. The zero-order chi connectivity index (χ0) is 50.3. The number of aliphatic imine (C=N–C) groups is 1. The van der Waals surface area contributed by atoms with E-state index in [4.69, 9.17) is 16.5 Å². The molecule has 13 aliphatic rings. The van der Waals surface area contributed by atoms with Gasteiger partial charge in [-0.1, -0.05) is 85.7 Å². The molecule has 0 saturated heterocycles. The number of ketones is 2. The van der Waals surface area contributed by atoms with Gasteiger partial charge in [0.15, 0.2) is 11.7 Å². The van der Waals surface area contributed by atoms with Crippen molar-refractivity contribution in [2.45, 2.75) is 132 Å². The summed E-state index contributed by atoms with van der Waals surface area (Å²) < 4.78 is 0. The number of aliphatic hydroxyl groups excluding tert-OH is 1. The molecule has 0 amide bonds. The van der Waals surface area contributed by atoms with Crippen LogP contribution in [0.5, 0.6) is 0 Å². The number of aliphatic hydroxyl groups is 5. The molecule has 1 aromatic carbocycles. The summed E-state index contributed by atoms with van der Waals surface area (Å²) in [6, 6.07) is 8.29. The summed E-state index contributed by atoms with van der Waals surface area (Å²) >= 11 is 0. The van der Waals surface area contributed by atoms with E-state index in [1.54, 1.807) is 6.08 Å². The topological polar surface area (TPSA) is 237 Å². The van der Waals surface area contributed by atoms with Crippen LogP contribution in [-0.2, 0) is 20.8 Å². The largest absolute Gasteiger partial charge is 0.478 e. The predicted molar refractivity (Wildman–Crippen MR) is 267 cm³/mol. The minimum Gasteiger partial charge on any atom is -0.478 e. The van der Waals surface area contributed by atoms with Crippen LogP contribution in [0.15, 0.2) is 116 Å². The van der Waals surface area contributed by atoms with Crippen LogP contribution in [0, 0.1) is 68.5 Å². The molecule has 0 heterocycles. The summed E-state index contributed by atoms with van der Waals surface area (Å²) in [6.45, 7) is 5.08. The molecule has 12 heteroatoms. The number of carboxylic acid groups (broad SMARTS) is 1. The third-order valence-electron chi connectivity index (χ3n) is 22.7. The van der Waals surface area contributed by atoms with Gasteiger partial charge in [0.05, 0.1) is 0 Å². The first-order valence-electron chi connectivity index (χ1n) is 26.3. The first kappa shape index (κ1) is 45.2. The molecular weight excluding hydrogens is 907 g/mol. The standard InChI is InChI=1S/C60H63N3O9/c1-31(49(67)68)38-17-23-54(63-50(61)62)24-25-55-45-36(30-64)12-9-20-53(55)29-40(65)44-48-56(69)28-37-27-34-15-16-39(59(38,71)60(45,54)72)42(34)46(55)58(37,70)57(48,53)21-8-4-7-19-51(2)41(66)18-22-52(44,3)47(51)43(56)35-14-13-32-10-5-6-11-33(32)26-35/h5-6,9-12,16,24-26,28,36,43,45-47,64,69-72H,8,13-15,17-23,27,29-30H2,1-3H3,(H,67,68)(H4,61,62,63). The average molecular weight is 970 g/mol. The fourth-order valence-electron chi connectivity index (χ4n) is 20.8. The van der Waals surface area contributed by atoms with Crippen molar-refractivity contribution < 1.29 is 45.0 Å². The van der Waals surface area contributed by atoms with E-state index in [1.165, 1.54) is 12.5 Å². The van der Waals surface area contributed by atoms with Crippen LogP contribution in [0.1, 0.15) is 109 Å². The van der Waals surface area contributed by atoms with Gasteiger partial charge in [-0.05, 0) is 116 Å². The van der Waals surface area contributed by atoms with Gasteiger partial charge in [-0.3, -0.25) is 9.59 Å². The Morgan fingerprint density at radius 1 is 0.944 bits per heavy atom. The highest BCUT2D eigenvalue weighted by Crippen LogP contribution is 2.92. The van der Waals surface area contributed by atoms with Crippen molar-refractivity contribution >= 4 is 29.6 Å². The summed E-state index contributed by atoms with van der Waals surface area (Å²) in [5, 5.41) is 83.0. The Balaban J connectivity index is 1.20. The van der Waals surface area contributed by atoms with E-state index in [0.29, 0.717) is 47.1 Å². The van der Waals surface area contributed by atoms with Gasteiger partial charge in [-0.15, -0.1) is 11.8 Å². The highest BCUT2D eigenvalue weighted by Gasteiger charge is 2.94. The van der Waals surface area contributed by atoms with E-state index in [2.05, 4.69) is 37.0 Å². The minimum absolute atomic E-state index is 0.00411. The molecule has 72 heavy (non-hydrogen) atoms. The molecule has 15 unspecified atom stereocenters. The lowest BCUT2D eigenvalue weighted by Gasteiger charge is -2.72. The molecule has 13 aliphatic carbocycles. The summed E-state index contributed by atoms with van der Waals surface area (Å²) in [4.78, 5) is 49.9. The molecule has 12 nitrogen and oxygen atoms in total. The Labute approximate surface area is 418 Å². The van der Waals surface area contributed by atoms with Crippen LogP contribution in [-0.4, -0.2) is 88.7 Å². The molecule has 3 spiro atoms. The fraction of sp³-hybridized carbons (Fsp3) is 0.533. The number of benzene rings is 1. The average Bonchev–Trinajstić information content (AvgIpc) is 3.74. The number of hydrogen-bond donors (Lipinski definition) is 8. The van der Waals surface area contributed by atoms with Gasteiger partial charge in [-0.25, -0.2) is 9.79 Å². The zero-order valence-electron chi connectivity index (χ0n) is 41.1. The van der Waals surface area contributed by atoms with Crippen LogP contribution in [0.3, 0.4) is 0 Å². The van der Waals surface area contributed by atoms with Gasteiger partial charge >= 0.3 is 5.97 Å². The molecule has 8 bridgehead atoms. The second-order valence-corrected chi connectivity index (χ2v) is 24.8. The third-order valence-corrected chi connectivity index (χ3v) is 22.7. The Morgan fingerprint density at radius 2 is 1.74 bits per heavy atom.